The molecule has 0 spiro atoms. The third-order valence-corrected chi connectivity index (χ3v) is 3.66. The van der Waals surface area contributed by atoms with Crippen molar-refractivity contribution < 1.29 is 4.79 Å². The lowest BCUT2D eigenvalue weighted by atomic mass is 10.0. The number of rotatable bonds is 5. The van der Waals surface area contributed by atoms with E-state index in [2.05, 4.69) is 29.0 Å². The first-order valence-electron chi connectivity index (χ1n) is 6.21. The van der Waals surface area contributed by atoms with Crippen molar-refractivity contribution in [3.05, 3.63) is 41.2 Å². The molecule has 2 aromatic rings. The third kappa shape index (κ3) is 3.67. The van der Waals surface area contributed by atoms with E-state index in [0.717, 1.165) is 11.4 Å². The molecule has 0 amide bonds. The van der Waals surface area contributed by atoms with Crippen LogP contribution in [0, 0.1) is 6.92 Å². The van der Waals surface area contributed by atoms with Crippen LogP contribution >= 0.6 is 11.8 Å². The maximum absolute atomic E-state index is 12.0. The Morgan fingerprint density at radius 3 is 2.53 bits per heavy atom. The van der Waals surface area contributed by atoms with Gasteiger partial charge in [-0.2, -0.15) is 0 Å². The lowest BCUT2D eigenvalue weighted by molar-refractivity contribution is 0.102. The molecule has 1 N–H and O–H groups in total. The van der Waals surface area contributed by atoms with E-state index in [9.17, 15) is 4.79 Å². The zero-order valence-corrected chi connectivity index (χ0v) is 12.1. The first kappa shape index (κ1) is 13.8. The van der Waals surface area contributed by atoms with E-state index in [1.807, 2.05) is 31.2 Å². The molecule has 0 bridgehead atoms. The molecule has 1 aromatic carbocycles. The van der Waals surface area contributed by atoms with E-state index in [-0.39, 0.29) is 5.78 Å². The van der Waals surface area contributed by atoms with Crippen LogP contribution in [0.15, 0.2) is 29.4 Å². The van der Waals surface area contributed by atoms with Crippen molar-refractivity contribution >= 4 is 17.5 Å². The molecule has 0 aliphatic carbocycles. The molecule has 0 aliphatic rings. The minimum Gasteiger partial charge on any atom is -0.293 e. The van der Waals surface area contributed by atoms with Gasteiger partial charge in [0.2, 0.25) is 5.16 Å². The Morgan fingerprint density at radius 2 is 2.00 bits per heavy atom. The van der Waals surface area contributed by atoms with E-state index in [1.165, 1.54) is 17.3 Å². The highest BCUT2D eigenvalue weighted by Crippen LogP contribution is 2.17. The Balaban J connectivity index is 1.96. The van der Waals surface area contributed by atoms with Gasteiger partial charge in [0.15, 0.2) is 5.78 Å². The highest BCUT2D eigenvalue weighted by atomic mass is 32.2. The van der Waals surface area contributed by atoms with Crippen LogP contribution in [0.2, 0.25) is 0 Å². The van der Waals surface area contributed by atoms with Gasteiger partial charge in [-0.25, -0.2) is 4.98 Å². The zero-order valence-electron chi connectivity index (χ0n) is 11.3. The molecule has 1 aromatic heterocycles. The Bertz CT molecular complexity index is 560. The van der Waals surface area contributed by atoms with Crippen LogP contribution in [0.3, 0.4) is 0 Å². The molecule has 0 unspecified atom stereocenters. The van der Waals surface area contributed by atoms with Crippen molar-refractivity contribution in [2.45, 2.75) is 31.8 Å². The highest BCUT2D eigenvalue weighted by molar-refractivity contribution is 7.99. The lowest BCUT2D eigenvalue weighted by Gasteiger charge is -2.05. The van der Waals surface area contributed by atoms with E-state index in [4.69, 9.17) is 0 Å². The third-order valence-electron chi connectivity index (χ3n) is 2.81. The predicted octanol–water partition coefficient (Wildman–Crippen LogP) is 3.21. The molecule has 0 saturated carbocycles. The van der Waals surface area contributed by atoms with Gasteiger partial charge in [-0.1, -0.05) is 49.9 Å². The van der Waals surface area contributed by atoms with Crippen LogP contribution in [0.25, 0.3) is 0 Å². The van der Waals surface area contributed by atoms with Gasteiger partial charge < -0.3 is 0 Å². The van der Waals surface area contributed by atoms with Gasteiger partial charge in [0, 0.05) is 5.56 Å². The summed E-state index contributed by atoms with van der Waals surface area (Å²) in [5.41, 5.74) is 1.98. The monoisotopic (exact) mass is 275 g/mol. The summed E-state index contributed by atoms with van der Waals surface area (Å²) < 4.78 is 0. The molecule has 0 fully saturated rings. The van der Waals surface area contributed by atoms with Crippen molar-refractivity contribution in [1.29, 1.82) is 0 Å². The van der Waals surface area contributed by atoms with Crippen LogP contribution < -0.4 is 0 Å². The number of aryl methyl sites for hydroxylation is 1. The van der Waals surface area contributed by atoms with E-state index in [1.54, 1.807) is 0 Å². The van der Waals surface area contributed by atoms with Crippen molar-refractivity contribution in [1.82, 2.24) is 15.2 Å². The standard InChI is InChI=1S/C14H17N3OS/c1-9(2)11-4-6-12(7-5-11)13(18)8-19-14-15-10(3)16-17-14/h4-7,9H,8H2,1-3H3,(H,15,16,17). The van der Waals surface area contributed by atoms with Gasteiger partial charge in [-0.3, -0.25) is 9.89 Å². The fourth-order valence-electron chi connectivity index (χ4n) is 1.65. The number of carbonyl (C=O) groups excluding carboxylic acids is 1. The molecule has 4 nitrogen and oxygen atoms in total. The summed E-state index contributed by atoms with van der Waals surface area (Å²) in [7, 11) is 0. The van der Waals surface area contributed by atoms with Crippen LogP contribution in [-0.4, -0.2) is 26.7 Å². The average Bonchev–Trinajstić information content (AvgIpc) is 2.82. The fourth-order valence-corrected chi connectivity index (χ4v) is 2.39. The van der Waals surface area contributed by atoms with E-state index in [0.29, 0.717) is 16.8 Å². The summed E-state index contributed by atoms with van der Waals surface area (Å²) in [5.74, 6) is 1.70. The number of aromatic nitrogens is 3. The molecule has 2 rings (SSSR count). The van der Waals surface area contributed by atoms with Crippen LogP contribution in [0.5, 0.6) is 0 Å². The van der Waals surface area contributed by atoms with Crippen LogP contribution in [0.4, 0.5) is 0 Å². The molecule has 5 heteroatoms. The maximum Gasteiger partial charge on any atom is 0.208 e. The largest absolute Gasteiger partial charge is 0.293 e. The van der Waals surface area contributed by atoms with Crippen molar-refractivity contribution in [3.8, 4) is 0 Å². The topological polar surface area (TPSA) is 58.6 Å². The van der Waals surface area contributed by atoms with Gasteiger partial charge >= 0.3 is 0 Å². The molecular weight excluding hydrogens is 258 g/mol. The number of benzene rings is 1. The van der Waals surface area contributed by atoms with Gasteiger partial charge in [-0.05, 0) is 18.4 Å². The van der Waals surface area contributed by atoms with Crippen LogP contribution in [0.1, 0.15) is 41.5 Å². The van der Waals surface area contributed by atoms with Crippen molar-refractivity contribution in [3.63, 3.8) is 0 Å². The summed E-state index contributed by atoms with van der Waals surface area (Å²) in [6.07, 6.45) is 0. The number of carbonyl (C=O) groups is 1. The molecule has 0 atom stereocenters. The summed E-state index contributed by atoms with van der Waals surface area (Å²) in [6.45, 7) is 6.11. The number of nitrogens with zero attached hydrogens (tertiary/aromatic N) is 2. The van der Waals surface area contributed by atoms with Gasteiger partial charge in [-0.15, -0.1) is 5.10 Å². The van der Waals surface area contributed by atoms with Gasteiger partial charge in [0.05, 0.1) is 5.75 Å². The van der Waals surface area contributed by atoms with Crippen molar-refractivity contribution in [2.24, 2.45) is 0 Å². The predicted molar refractivity (Wildman–Crippen MR) is 76.7 cm³/mol. The van der Waals surface area contributed by atoms with Gasteiger partial charge in [0.1, 0.15) is 5.82 Å². The second kappa shape index (κ2) is 6.02. The number of hydrogen-bond acceptors (Lipinski definition) is 4. The SMILES string of the molecule is Cc1nc(SCC(=O)c2ccc(C(C)C)cc2)n[nH]1. The Kier molecular flexibility index (Phi) is 4.37. The second-order valence-corrected chi connectivity index (χ2v) is 5.63. The maximum atomic E-state index is 12.0. The molecule has 100 valence electrons. The normalized spacial score (nSPS) is 10.9. The summed E-state index contributed by atoms with van der Waals surface area (Å²) in [5, 5.41) is 7.37. The minimum absolute atomic E-state index is 0.0998. The molecule has 0 saturated heterocycles. The summed E-state index contributed by atoms with van der Waals surface area (Å²) >= 11 is 1.35. The van der Waals surface area contributed by atoms with Crippen molar-refractivity contribution in [2.75, 3.05) is 5.75 Å². The Labute approximate surface area is 117 Å². The average molecular weight is 275 g/mol. The zero-order chi connectivity index (χ0) is 13.8. The van der Waals surface area contributed by atoms with E-state index >= 15 is 0 Å². The number of thioether (sulfide) groups is 1. The highest BCUT2D eigenvalue weighted by Gasteiger charge is 2.09. The molecule has 1 heterocycles. The number of ketones is 1. The Morgan fingerprint density at radius 1 is 1.32 bits per heavy atom. The molecular formula is C14H17N3OS. The smallest absolute Gasteiger partial charge is 0.208 e. The molecule has 19 heavy (non-hydrogen) atoms. The number of hydrogen-bond donors (Lipinski definition) is 1. The fraction of sp³-hybridized carbons (Fsp3) is 0.357. The van der Waals surface area contributed by atoms with Gasteiger partial charge in [0.25, 0.3) is 0 Å². The summed E-state index contributed by atoms with van der Waals surface area (Å²) in [4.78, 5) is 16.2. The first-order valence-corrected chi connectivity index (χ1v) is 7.20. The first-order chi connectivity index (χ1) is 9.06. The van der Waals surface area contributed by atoms with Crippen LogP contribution in [-0.2, 0) is 0 Å². The van der Waals surface area contributed by atoms with E-state index < -0.39 is 0 Å². The number of H-pyrrole nitrogens is 1. The number of nitrogens with one attached hydrogen (secondary N) is 1. The molecule has 0 radical (unpaired) electrons. The minimum atomic E-state index is 0.0998. The Hall–Kier alpha value is -1.62. The quantitative estimate of drug-likeness (QED) is 0.672. The molecule has 0 aliphatic heterocycles. The lowest BCUT2D eigenvalue weighted by Crippen LogP contribution is -2.03. The second-order valence-electron chi connectivity index (χ2n) is 4.69. The summed E-state index contributed by atoms with van der Waals surface area (Å²) in [6, 6.07) is 7.81. The number of aromatic amines is 1. The number of Topliss-reactive ketones (excluding diaryl/α,β-unsaturated/α-hetero) is 1.